The molecule has 0 aliphatic carbocycles. The lowest BCUT2D eigenvalue weighted by Gasteiger charge is -2.23. The molecule has 7 nitrogen and oxygen atoms in total. The van der Waals surface area contributed by atoms with Crippen molar-refractivity contribution in [1.82, 2.24) is 10.3 Å². The number of pyridine rings is 1. The minimum absolute atomic E-state index is 0.107. The number of aromatic nitrogens is 1. The molecular weight excluding hydrogens is 296 g/mol. The van der Waals surface area contributed by atoms with E-state index in [1.807, 2.05) is 0 Å². The molecule has 8 heteroatoms. The maximum absolute atomic E-state index is 12.2. The number of carbonyl (C=O) groups is 1. The Hall–Kier alpha value is -1.83. The van der Waals surface area contributed by atoms with Gasteiger partial charge in [0, 0.05) is 12.1 Å². The van der Waals surface area contributed by atoms with Gasteiger partial charge in [-0.25, -0.2) is 8.42 Å². The van der Waals surface area contributed by atoms with Crippen molar-refractivity contribution < 1.29 is 22.7 Å². The van der Waals surface area contributed by atoms with Gasteiger partial charge in [-0.3, -0.25) is 4.79 Å². The summed E-state index contributed by atoms with van der Waals surface area (Å²) in [7, 11) is -0.0443. The molecule has 0 aromatic carbocycles. The van der Waals surface area contributed by atoms with Gasteiger partial charge in [0.1, 0.15) is 15.4 Å². The molecule has 2 rings (SSSR count). The topological polar surface area (TPSA) is 94.6 Å². The second-order valence-corrected chi connectivity index (χ2v) is 7.11. The smallest absolute Gasteiger partial charge is 0.256 e. The van der Waals surface area contributed by atoms with E-state index >= 15 is 0 Å². The fraction of sp³-hybridized carbons (Fsp3) is 0.538. The Morgan fingerprint density at radius 3 is 2.48 bits per heavy atom. The van der Waals surface area contributed by atoms with E-state index in [0.29, 0.717) is 24.3 Å². The van der Waals surface area contributed by atoms with Crippen LogP contribution >= 0.6 is 0 Å². The molecule has 0 saturated carbocycles. The Kier molecular flexibility index (Phi) is 4.66. The second-order valence-electron chi connectivity index (χ2n) is 4.81. The van der Waals surface area contributed by atoms with Crippen LogP contribution in [0.5, 0.6) is 11.8 Å². The summed E-state index contributed by atoms with van der Waals surface area (Å²) >= 11 is 0. The van der Waals surface area contributed by atoms with Crippen LogP contribution in [0.3, 0.4) is 0 Å². The van der Waals surface area contributed by atoms with Gasteiger partial charge in [-0.05, 0) is 18.9 Å². The van der Waals surface area contributed by atoms with E-state index in [4.69, 9.17) is 9.47 Å². The number of ether oxygens (including phenoxy) is 2. The van der Waals surface area contributed by atoms with Crippen LogP contribution in [0.25, 0.3) is 0 Å². The molecule has 0 spiro atoms. The van der Waals surface area contributed by atoms with Crippen LogP contribution in [-0.2, 0) is 9.84 Å². The lowest BCUT2D eigenvalue weighted by Crippen LogP contribution is -2.41. The Labute approximate surface area is 123 Å². The number of amides is 1. The van der Waals surface area contributed by atoms with Crippen LogP contribution in [0.1, 0.15) is 23.2 Å². The molecule has 1 amide bonds. The van der Waals surface area contributed by atoms with Crippen LogP contribution in [0.4, 0.5) is 0 Å². The molecule has 0 atom stereocenters. The van der Waals surface area contributed by atoms with Crippen molar-refractivity contribution in [1.29, 1.82) is 0 Å². The standard InChI is InChI=1S/C13H18N2O5S/c1-19-11-4-3-10(13(15-11)20-2)12(16)14-9-5-7-21(17,18)8-6-9/h3-4,9H,5-8H2,1-2H3,(H,14,16). The zero-order valence-electron chi connectivity index (χ0n) is 12.0. The maximum Gasteiger partial charge on any atom is 0.256 e. The second kappa shape index (κ2) is 6.30. The molecule has 0 radical (unpaired) electrons. The summed E-state index contributed by atoms with van der Waals surface area (Å²) in [6.07, 6.45) is 0.861. The third kappa shape index (κ3) is 3.84. The van der Waals surface area contributed by atoms with E-state index in [0.717, 1.165) is 0 Å². The molecule has 1 aromatic rings. The van der Waals surface area contributed by atoms with Crippen LogP contribution in [0, 0.1) is 0 Å². The van der Waals surface area contributed by atoms with Gasteiger partial charge in [-0.2, -0.15) is 4.98 Å². The van der Waals surface area contributed by atoms with Crippen LogP contribution in [0.2, 0.25) is 0 Å². The number of methoxy groups -OCH3 is 2. The van der Waals surface area contributed by atoms with Crippen LogP contribution in [-0.4, -0.2) is 51.1 Å². The number of nitrogens with zero attached hydrogens (tertiary/aromatic N) is 1. The van der Waals surface area contributed by atoms with Gasteiger partial charge >= 0.3 is 0 Å². The van der Waals surface area contributed by atoms with Crippen molar-refractivity contribution in [3.63, 3.8) is 0 Å². The van der Waals surface area contributed by atoms with E-state index < -0.39 is 9.84 Å². The van der Waals surface area contributed by atoms with Gasteiger partial charge in [-0.15, -0.1) is 0 Å². The third-order valence-electron chi connectivity index (χ3n) is 3.37. The van der Waals surface area contributed by atoms with Gasteiger partial charge in [0.15, 0.2) is 0 Å². The van der Waals surface area contributed by atoms with E-state index in [1.54, 1.807) is 12.1 Å². The van der Waals surface area contributed by atoms with E-state index in [2.05, 4.69) is 10.3 Å². The summed E-state index contributed by atoms with van der Waals surface area (Å²) in [5.41, 5.74) is 0.298. The largest absolute Gasteiger partial charge is 0.481 e. The molecule has 0 bridgehead atoms. The Balaban J connectivity index is 2.07. The molecule has 1 fully saturated rings. The summed E-state index contributed by atoms with van der Waals surface area (Å²) in [6, 6.07) is 3.00. The average Bonchev–Trinajstić information content (AvgIpc) is 2.48. The molecule has 1 aliphatic rings. The number of sulfone groups is 1. The normalized spacial score (nSPS) is 18.0. The van der Waals surface area contributed by atoms with Crippen molar-refractivity contribution in [3.05, 3.63) is 17.7 Å². The average molecular weight is 314 g/mol. The predicted molar refractivity (Wildman–Crippen MR) is 76.5 cm³/mol. The van der Waals surface area contributed by atoms with Crippen molar-refractivity contribution in [2.24, 2.45) is 0 Å². The molecule has 1 N–H and O–H groups in total. The number of hydrogen-bond donors (Lipinski definition) is 1. The van der Waals surface area contributed by atoms with E-state index in [1.165, 1.54) is 14.2 Å². The monoisotopic (exact) mass is 314 g/mol. The van der Waals surface area contributed by atoms with Gasteiger partial charge in [-0.1, -0.05) is 0 Å². The van der Waals surface area contributed by atoms with Crippen molar-refractivity contribution in [3.8, 4) is 11.8 Å². The molecule has 116 valence electrons. The first-order valence-electron chi connectivity index (χ1n) is 6.55. The number of nitrogens with one attached hydrogen (secondary N) is 1. The van der Waals surface area contributed by atoms with Gasteiger partial charge in [0.05, 0.1) is 25.7 Å². The molecule has 1 aromatic heterocycles. The third-order valence-corrected chi connectivity index (χ3v) is 5.09. The molecule has 2 heterocycles. The summed E-state index contributed by atoms with van der Waals surface area (Å²) in [6.45, 7) is 0. The Bertz CT molecular complexity index is 615. The first-order chi connectivity index (χ1) is 9.95. The van der Waals surface area contributed by atoms with Gasteiger partial charge < -0.3 is 14.8 Å². The summed E-state index contributed by atoms with van der Waals surface area (Å²) in [4.78, 5) is 16.3. The zero-order valence-corrected chi connectivity index (χ0v) is 12.8. The summed E-state index contributed by atoms with van der Waals surface area (Å²) in [5, 5.41) is 2.82. The highest BCUT2D eigenvalue weighted by atomic mass is 32.2. The molecular formula is C13H18N2O5S. The van der Waals surface area contributed by atoms with Gasteiger partial charge in [0.2, 0.25) is 11.8 Å². The van der Waals surface area contributed by atoms with E-state index in [-0.39, 0.29) is 29.3 Å². The maximum atomic E-state index is 12.2. The number of hydrogen-bond acceptors (Lipinski definition) is 6. The number of rotatable bonds is 4. The first-order valence-corrected chi connectivity index (χ1v) is 8.37. The minimum Gasteiger partial charge on any atom is -0.481 e. The fourth-order valence-electron chi connectivity index (χ4n) is 2.16. The molecule has 1 saturated heterocycles. The molecule has 1 aliphatic heterocycles. The lowest BCUT2D eigenvalue weighted by atomic mass is 10.1. The van der Waals surface area contributed by atoms with Crippen molar-refractivity contribution in [2.45, 2.75) is 18.9 Å². The zero-order chi connectivity index (χ0) is 15.5. The minimum atomic E-state index is -2.94. The predicted octanol–water partition coefficient (Wildman–Crippen LogP) is 0.406. The van der Waals surface area contributed by atoms with Gasteiger partial charge in [0.25, 0.3) is 5.91 Å². The molecule has 0 unspecified atom stereocenters. The Morgan fingerprint density at radius 2 is 1.90 bits per heavy atom. The number of carbonyl (C=O) groups excluding carboxylic acids is 1. The highest BCUT2D eigenvalue weighted by molar-refractivity contribution is 7.91. The fourth-order valence-corrected chi connectivity index (χ4v) is 3.65. The highest BCUT2D eigenvalue weighted by Crippen LogP contribution is 2.20. The Morgan fingerprint density at radius 1 is 1.24 bits per heavy atom. The van der Waals surface area contributed by atoms with E-state index in [9.17, 15) is 13.2 Å². The summed E-state index contributed by atoms with van der Waals surface area (Å²) in [5.74, 6) is 0.417. The quantitative estimate of drug-likeness (QED) is 0.865. The lowest BCUT2D eigenvalue weighted by molar-refractivity contribution is 0.0930. The molecule has 21 heavy (non-hydrogen) atoms. The van der Waals surface area contributed by atoms with Crippen molar-refractivity contribution >= 4 is 15.7 Å². The SMILES string of the molecule is COc1ccc(C(=O)NC2CCS(=O)(=O)CC2)c(OC)n1. The van der Waals surface area contributed by atoms with Crippen molar-refractivity contribution in [2.75, 3.05) is 25.7 Å². The van der Waals surface area contributed by atoms with Crippen LogP contribution in [0.15, 0.2) is 12.1 Å². The van der Waals surface area contributed by atoms with Crippen LogP contribution < -0.4 is 14.8 Å². The highest BCUT2D eigenvalue weighted by Gasteiger charge is 2.26. The summed E-state index contributed by atoms with van der Waals surface area (Å²) < 4.78 is 32.8. The first kappa shape index (κ1) is 15.6.